The maximum absolute atomic E-state index is 6.21. The average molecular weight is 297 g/mol. The van der Waals surface area contributed by atoms with Crippen molar-refractivity contribution in [3.05, 3.63) is 48.5 Å². The lowest BCUT2D eigenvalue weighted by atomic mass is 9.94. The van der Waals surface area contributed by atoms with Gasteiger partial charge in [-0.3, -0.25) is 0 Å². The predicted molar refractivity (Wildman–Crippen MR) is 81.8 cm³/mol. The zero-order valence-corrected chi connectivity index (χ0v) is 12.4. The minimum absolute atomic E-state index is 0.103. The fourth-order valence-electron chi connectivity index (χ4n) is 2.95. The van der Waals surface area contributed by atoms with Gasteiger partial charge in [0.2, 0.25) is 5.79 Å². The van der Waals surface area contributed by atoms with Gasteiger partial charge in [0.1, 0.15) is 25.3 Å². The average Bonchev–Trinajstić information content (AvgIpc) is 3.01. The minimum Gasteiger partial charge on any atom is -0.344 e. The van der Waals surface area contributed by atoms with E-state index in [2.05, 4.69) is 16.0 Å². The van der Waals surface area contributed by atoms with Crippen molar-refractivity contribution in [3.63, 3.8) is 0 Å². The predicted octanol–water partition coefficient (Wildman–Crippen LogP) is 2.52. The van der Waals surface area contributed by atoms with E-state index in [0.717, 1.165) is 24.8 Å². The minimum atomic E-state index is -0.933. The van der Waals surface area contributed by atoms with Crippen molar-refractivity contribution in [2.24, 2.45) is 0 Å². The molecule has 0 N–H and O–H groups in total. The number of benzene rings is 1. The van der Waals surface area contributed by atoms with Gasteiger partial charge >= 0.3 is 0 Å². The fraction of sp³-hybridized carbons (Fsp3) is 0.412. The Morgan fingerprint density at radius 2 is 2.23 bits per heavy atom. The standard InChI is InChI=1S/C17H19N3O2/c1-2-11-21-17(15-8-4-3-5-9-15)16(10-6-7-12-22-17)20-14-18-13-19-20/h1,3-5,8-9,13-14,16H,6-7,10-12H2. The van der Waals surface area contributed by atoms with E-state index in [4.69, 9.17) is 15.9 Å². The van der Waals surface area contributed by atoms with Crippen LogP contribution in [0.4, 0.5) is 0 Å². The van der Waals surface area contributed by atoms with Crippen molar-refractivity contribution in [2.45, 2.75) is 31.1 Å². The number of ether oxygens (including phenoxy) is 2. The highest BCUT2D eigenvalue weighted by Crippen LogP contribution is 2.42. The molecule has 1 aromatic heterocycles. The Hall–Kier alpha value is -2.16. The van der Waals surface area contributed by atoms with Gasteiger partial charge in [-0.05, 0) is 19.3 Å². The molecule has 0 aliphatic carbocycles. The van der Waals surface area contributed by atoms with Gasteiger partial charge in [-0.25, -0.2) is 9.67 Å². The smallest absolute Gasteiger partial charge is 0.219 e. The molecule has 0 bridgehead atoms. The number of hydrogen-bond donors (Lipinski definition) is 0. The Kier molecular flexibility index (Phi) is 4.52. The zero-order chi connectivity index (χ0) is 15.3. The molecule has 3 rings (SSSR count). The summed E-state index contributed by atoms with van der Waals surface area (Å²) in [5.41, 5.74) is 0.952. The summed E-state index contributed by atoms with van der Waals surface area (Å²) in [6.45, 7) is 0.810. The first kappa shape index (κ1) is 14.8. The Morgan fingerprint density at radius 3 is 2.95 bits per heavy atom. The van der Waals surface area contributed by atoms with E-state index >= 15 is 0 Å². The van der Waals surface area contributed by atoms with E-state index in [9.17, 15) is 0 Å². The van der Waals surface area contributed by atoms with Gasteiger partial charge < -0.3 is 9.47 Å². The first-order chi connectivity index (χ1) is 10.9. The summed E-state index contributed by atoms with van der Waals surface area (Å²) in [6.07, 6.45) is 11.6. The van der Waals surface area contributed by atoms with Crippen LogP contribution < -0.4 is 0 Å². The summed E-state index contributed by atoms with van der Waals surface area (Å²) in [5.74, 6) is 1.62. The number of hydrogen-bond acceptors (Lipinski definition) is 4. The van der Waals surface area contributed by atoms with Gasteiger partial charge in [0.15, 0.2) is 0 Å². The van der Waals surface area contributed by atoms with Crippen molar-refractivity contribution in [2.75, 3.05) is 13.2 Å². The molecule has 114 valence electrons. The lowest BCUT2D eigenvalue weighted by Gasteiger charge is -2.38. The van der Waals surface area contributed by atoms with Crippen LogP contribution in [0, 0.1) is 12.3 Å². The molecule has 0 spiro atoms. The normalized spacial score (nSPS) is 25.3. The van der Waals surface area contributed by atoms with Crippen LogP contribution in [0.2, 0.25) is 0 Å². The van der Waals surface area contributed by atoms with Crippen LogP contribution in [0.1, 0.15) is 30.9 Å². The van der Waals surface area contributed by atoms with E-state index in [0.29, 0.717) is 6.61 Å². The van der Waals surface area contributed by atoms with E-state index < -0.39 is 5.79 Å². The van der Waals surface area contributed by atoms with Crippen molar-refractivity contribution in [1.29, 1.82) is 0 Å². The van der Waals surface area contributed by atoms with Crippen LogP contribution >= 0.6 is 0 Å². The third-order valence-corrected chi connectivity index (χ3v) is 3.93. The van der Waals surface area contributed by atoms with Gasteiger partial charge in [0, 0.05) is 5.56 Å². The van der Waals surface area contributed by atoms with E-state index in [1.54, 1.807) is 6.33 Å². The van der Waals surface area contributed by atoms with Crippen LogP contribution in [0.15, 0.2) is 43.0 Å². The molecule has 1 saturated heterocycles. The van der Waals surface area contributed by atoms with E-state index in [-0.39, 0.29) is 12.6 Å². The highest BCUT2D eigenvalue weighted by atomic mass is 16.7. The summed E-state index contributed by atoms with van der Waals surface area (Å²) >= 11 is 0. The van der Waals surface area contributed by atoms with Crippen LogP contribution in [0.5, 0.6) is 0 Å². The van der Waals surface area contributed by atoms with Crippen molar-refractivity contribution in [3.8, 4) is 12.3 Å². The maximum atomic E-state index is 6.21. The topological polar surface area (TPSA) is 49.2 Å². The molecule has 0 radical (unpaired) electrons. The molecule has 1 fully saturated rings. The molecule has 5 nitrogen and oxygen atoms in total. The molecule has 1 aliphatic rings. The molecule has 22 heavy (non-hydrogen) atoms. The Morgan fingerprint density at radius 1 is 1.36 bits per heavy atom. The van der Waals surface area contributed by atoms with Crippen molar-refractivity contribution in [1.82, 2.24) is 14.8 Å². The summed E-state index contributed by atoms with van der Waals surface area (Å²) in [4.78, 5) is 4.07. The lowest BCUT2D eigenvalue weighted by Crippen LogP contribution is -2.42. The zero-order valence-electron chi connectivity index (χ0n) is 12.4. The molecule has 2 aromatic rings. The molecular weight excluding hydrogens is 278 g/mol. The van der Waals surface area contributed by atoms with E-state index in [1.807, 2.05) is 35.0 Å². The van der Waals surface area contributed by atoms with E-state index in [1.165, 1.54) is 6.33 Å². The Labute approximate surface area is 130 Å². The molecule has 2 unspecified atom stereocenters. The molecule has 0 saturated carbocycles. The van der Waals surface area contributed by atoms with Gasteiger partial charge in [0.25, 0.3) is 0 Å². The highest BCUT2D eigenvalue weighted by Gasteiger charge is 2.45. The summed E-state index contributed by atoms with van der Waals surface area (Å²) in [5, 5.41) is 4.30. The van der Waals surface area contributed by atoms with Crippen molar-refractivity contribution >= 4 is 0 Å². The molecular formula is C17H19N3O2. The van der Waals surface area contributed by atoms with Crippen molar-refractivity contribution < 1.29 is 9.47 Å². The number of aromatic nitrogens is 3. The second kappa shape index (κ2) is 6.73. The van der Waals surface area contributed by atoms with Crippen LogP contribution in [0.25, 0.3) is 0 Å². The Balaban J connectivity index is 2.08. The maximum Gasteiger partial charge on any atom is 0.219 e. The van der Waals surface area contributed by atoms with Gasteiger partial charge in [-0.1, -0.05) is 36.3 Å². The second-order valence-corrected chi connectivity index (χ2v) is 5.26. The second-order valence-electron chi connectivity index (χ2n) is 5.26. The summed E-state index contributed by atoms with van der Waals surface area (Å²) < 4.78 is 14.1. The van der Waals surface area contributed by atoms with Gasteiger partial charge in [-0.15, -0.1) is 6.42 Å². The van der Waals surface area contributed by atoms with Gasteiger partial charge in [-0.2, -0.15) is 5.10 Å². The number of terminal acetylenes is 1. The third-order valence-electron chi connectivity index (χ3n) is 3.93. The number of rotatable bonds is 4. The SMILES string of the molecule is C#CCOC1(c2ccccc2)OCCCCC1n1cncn1. The van der Waals surface area contributed by atoms with Crippen LogP contribution in [0.3, 0.4) is 0 Å². The lowest BCUT2D eigenvalue weighted by molar-refractivity contribution is -0.263. The molecule has 1 aromatic carbocycles. The fourth-order valence-corrected chi connectivity index (χ4v) is 2.95. The first-order valence-electron chi connectivity index (χ1n) is 7.48. The summed E-state index contributed by atoms with van der Waals surface area (Å²) in [7, 11) is 0. The molecule has 1 aliphatic heterocycles. The first-order valence-corrected chi connectivity index (χ1v) is 7.48. The Bertz CT molecular complexity index is 621. The molecule has 2 atom stereocenters. The third kappa shape index (κ3) is 2.76. The number of nitrogens with zero attached hydrogens (tertiary/aromatic N) is 3. The monoisotopic (exact) mass is 297 g/mol. The van der Waals surface area contributed by atoms with Gasteiger partial charge in [0.05, 0.1) is 6.61 Å². The van der Waals surface area contributed by atoms with Crippen LogP contribution in [-0.2, 0) is 15.3 Å². The van der Waals surface area contributed by atoms with Crippen LogP contribution in [-0.4, -0.2) is 28.0 Å². The largest absolute Gasteiger partial charge is 0.344 e. The molecule has 5 heteroatoms. The molecule has 0 amide bonds. The highest BCUT2D eigenvalue weighted by molar-refractivity contribution is 5.22. The molecule has 2 heterocycles. The quantitative estimate of drug-likeness (QED) is 0.814. The summed E-state index contributed by atoms with van der Waals surface area (Å²) in [6, 6.07) is 9.83.